The van der Waals surface area contributed by atoms with Crippen molar-refractivity contribution in [3.05, 3.63) is 0 Å². The lowest BCUT2D eigenvalue weighted by molar-refractivity contribution is -0.121. The van der Waals surface area contributed by atoms with Crippen molar-refractivity contribution >= 4 is 14.2 Å². The molecule has 0 radical (unpaired) electrons. The number of amides is 1. The first-order valence-electron chi connectivity index (χ1n) is 11.2. The van der Waals surface area contributed by atoms with Gasteiger partial charge in [-0.1, -0.05) is 77.6 Å². The number of hydrogen-bond donors (Lipinski definition) is 3. The van der Waals surface area contributed by atoms with Crippen molar-refractivity contribution in [3.63, 3.8) is 0 Å². The fraction of sp³-hybridized carbons (Fsp3) is 0.952. The van der Waals surface area contributed by atoms with Crippen molar-refractivity contribution in [2.24, 2.45) is 0 Å². The molecule has 0 aliphatic rings. The van der Waals surface area contributed by atoms with E-state index >= 15 is 0 Å². The Morgan fingerprint density at radius 3 is 1.89 bits per heavy atom. The Kier molecular flexibility index (Phi) is 18.6. The van der Waals surface area contributed by atoms with E-state index in [0.29, 0.717) is 6.42 Å². The van der Waals surface area contributed by atoms with Gasteiger partial charge in [-0.05, 0) is 18.9 Å². The number of carbonyl (C=O) groups is 1. The van der Waals surface area contributed by atoms with Gasteiger partial charge in [0, 0.05) is 20.1 Å². The molecule has 0 aliphatic heterocycles. The number of rotatable bonds is 20. The standard InChI is InChI=1S/C21H45NO4Si/c1-3-4-5-6-7-8-9-10-13-16-21(25)22-17-14-11-12-15-18-27(19-23,20-24)26-2/h23-24H,3-20H2,1-2H3,(H,22,25). The van der Waals surface area contributed by atoms with Gasteiger partial charge >= 0.3 is 0 Å². The second kappa shape index (κ2) is 18.9. The smallest absolute Gasteiger partial charge is 0.242 e. The van der Waals surface area contributed by atoms with Gasteiger partial charge in [-0.15, -0.1) is 0 Å². The molecule has 27 heavy (non-hydrogen) atoms. The molecule has 0 fully saturated rings. The maximum absolute atomic E-state index is 11.8. The lowest BCUT2D eigenvalue weighted by Crippen LogP contribution is -2.46. The molecule has 0 rings (SSSR count). The summed E-state index contributed by atoms with van der Waals surface area (Å²) in [5, 5.41) is 21.8. The van der Waals surface area contributed by atoms with Gasteiger partial charge in [0.15, 0.2) is 0 Å². The van der Waals surface area contributed by atoms with E-state index in [0.717, 1.165) is 44.7 Å². The Hall–Kier alpha value is -0.433. The predicted molar refractivity (Wildman–Crippen MR) is 115 cm³/mol. The Bertz CT molecular complexity index is 330. The fourth-order valence-electron chi connectivity index (χ4n) is 3.28. The molecule has 0 aromatic heterocycles. The predicted octanol–water partition coefficient (Wildman–Crippen LogP) is 4.24. The Morgan fingerprint density at radius 2 is 1.33 bits per heavy atom. The maximum Gasteiger partial charge on any atom is 0.242 e. The second-order valence-corrected chi connectivity index (χ2v) is 11.7. The van der Waals surface area contributed by atoms with Crippen LogP contribution in [-0.4, -0.2) is 50.6 Å². The van der Waals surface area contributed by atoms with E-state index in [1.807, 2.05) is 0 Å². The van der Waals surface area contributed by atoms with Crippen LogP contribution in [0.2, 0.25) is 6.04 Å². The monoisotopic (exact) mass is 403 g/mol. The SMILES string of the molecule is CCCCCCCCCCCC(=O)NCCCCCC[Si](CO)(CO)OC. The van der Waals surface area contributed by atoms with Crippen LogP contribution < -0.4 is 5.32 Å². The molecule has 0 aromatic carbocycles. The highest BCUT2D eigenvalue weighted by Crippen LogP contribution is 2.15. The van der Waals surface area contributed by atoms with E-state index in [2.05, 4.69) is 12.2 Å². The first-order valence-corrected chi connectivity index (χ1v) is 13.7. The van der Waals surface area contributed by atoms with Crippen molar-refractivity contribution < 1.29 is 19.4 Å². The number of nitrogens with one attached hydrogen (secondary N) is 1. The second-order valence-electron chi connectivity index (χ2n) is 7.80. The van der Waals surface area contributed by atoms with E-state index in [1.54, 1.807) is 7.11 Å². The van der Waals surface area contributed by atoms with Crippen LogP contribution >= 0.6 is 0 Å². The van der Waals surface area contributed by atoms with Gasteiger partial charge in [-0.3, -0.25) is 4.79 Å². The van der Waals surface area contributed by atoms with Crippen molar-refractivity contribution in [1.29, 1.82) is 0 Å². The van der Waals surface area contributed by atoms with Crippen LogP contribution in [0.5, 0.6) is 0 Å². The van der Waals surface area contributed by atoms with Crippen molar-refractivity contribution in [1.82, 2.24) is 5.32 Å². The Morgan fingerprint density at radius 1 is 0.815 bits per heavy atom. The molecule has 0 aromatic rings. The quantitative estimate of drug-likeness (QED) is 0.210. The maximum atomic E-state index is 11.8. The number of carbonyl (C=O) groups excluding carboxylic acids is 1. The number of aliphatic hydroxyl groups is 2. The summed E-state index contributed by atoms with van der Waals surface area (Å²) >= 11 is 0. The van der Waals surface area contributed by atoms with Crippen molar-refractivity contribution in [2.45, 2.75) is 103 Å². The summed E-state index contributed by atoms with van der Waals surface area (Å²) in [5.74, 6) is 0.185. The zero-order chi connectivity index (χ0) is 20.2. The zero-order valence-electron chi connectivity index (χ0n) is 17.9. The van der Waals surface area contributed by atoms with Gasteiger partial charge in [-0.25, -0.2) is 0 Å². The Balaban J connectivity index is 3.39. The average molecular weight is 404 g/mol. The summed E-state index contributed by atoms with van der Waals surface area (Å²) in [6.07, 6.45) is 16.2. The summed E-state index contributed by atoms with van der Waals surface area (Å²) in [7, 11) is -0.711. The lowest BCUT2D eigenvalue weighted by atomic mass is 10.1. The van der Waals surface area contributed by atoms with Crippen LogP contribution in [0.15, 0.2) is 0 Å². The summed E-state index contributed by atoms with van der Waals surface area (Å²) in [6, 6.07) is 0.793. The molecule has 0 saturated heterocycles. The molecule has 0 aliphatic carbocycles. The highest BCUT2D eigenvalue weighted by atomic mass is 28.4. The van der Waals surface area contributed by atoms with E-state index < -0.39 is 8.32 Å². The summed E-state index contributed by atoms with van der Waals surface area (Å²) in [5.41, 5.74) is 0. The third kappa shape index (κ3) is 15.2. The molecule has 162 valence electrons. The van der Waals surface area contributed by atoms with E-state index in [-0.39, 0.29) is 18.4 Å². The van der Waals surface area contributed by atoms with E-state index in [1.165, 1.54) is 51.4 Å². The van der Waals surface area contributed by atoms with Crippen molar-refractivity contribution in [2.75, 3.05) is 26.1 Å². The summed E-state index contributed by atoms with van der Waals surface area (Å²) < 4.78 is 5.36. The number of unbranched alkanes of at least 4 members (excludes halogenated alkanes) is 11. The molecule has 0 atom stereocenters. The van der Waals surface area contributed by atoms with Gasteiger partial charge in [0.25, 0.3) is 0 Å². The highest BCUT2D eigenvalue weighted by Gasteiger charge is 2.31. The first-order chi connectivity index (χ1) is 13.1. The van der Waals surface area contributed by atoms with E-state index in [4.69, 9.17) is 4.43 Å². The van der Waals surface area contributed by atoms with Crippen LogP contribution in [0.25, 0.3) is 0 Å². The fourth-order valence-corrected chi connectivity index (χ4v) is 5.05. The molecule has 1 amide bonds. The topological polar surface area (TPSA) is 78.8 Å². The number of aliphatic hydroxyl groups excluding tert-OH is 2. The molecule has 0 saturated carbocycles. The van der Waals surface area contributed by atoms with Gasteiger partial charge in [0.05, 0.1) is 12.5 Å². The van der Waals surface area contributed by atoms with Crippen LogP contribution in [0.3, 0.4) is 0 Å². The minimum absolute atomic E-state index is 0.0189. The van der Waals surface area contributed by atoms with Gasteiger partial charge in [0.1, 0.15) is 0 Å². The minimum Gasteiger partial charge on any atom is -0.415 e. The molecule has 6 heteroatoms. The molecule has 5 nitrogen and oxygen atoms in total. The molecule has 0 unspecified atom stereocenters. The molecular weight excluding hydrogens is 358 g/mol. The summed E-state index contributed by atoms with van der Waals surface area (Å²) in [4.78, 5) is 11.8. The van der Waals surface area contributed by atoms with Gasteiger partial charge < -0.3 is 20.0 Å². The third-order valence-electron chi connectivity index (χ3n) is 5.40. The molecular formula is C21H45NO4Si. The van der Waals surface area contributed by atoms with Gasteiger partial charge in [-0.2, -0.15) is 0 Å². The van der Waals surface area contributed by atoms with Crippen LogP contribution in [0.1, 0.15) is 96.8 Å². The Labute approximate surface area is 168 Å². The molecule has 0 spiro atoms. The minimum atomic E-state index is -2.30. The van der Waals surface area contributed by atoms with Crippen LogP contribution in [0, 0.1) is 0 Å². The molecule has 0 bridgehead atoms. The average Bonchev–Trinajstić information content (AvgIpc) is 2.69. The third-order valence-corrected chi connectivity index (χ3v) is 8.68. The highest BCUT2D eigenvalue weighted by molar-refractivity contribution is 6.73. The number of hydrogen-bond acceptors (Lipinski definition) is 4. The summed E-state index contributed by atoms with van der Waals surface area (Å²) in [6.45, 7) is 3.00. The first kappa shape index (κ1) is 26.6. The van der Waals surface area contributed by atoms with Gasteiger partial charge in [0.2, 0.25) is 14.2 Å². The van der Waals surface area contributed by atoms with E-state index in [9.17, 15) is 15.0 Å². The molecule has 3 N–H and O–H groups in total. The van der Waals surface area contributed by atoms with Crippen molar-refractivity contribution in [3.8, 4) is 0 Å². The molecule has 0 heterocycles. The van der Waals surface area contributed by atoms with Crippen LogP contribution in [-0.2, 0) is 9.22 Å². The lowest BCUT2D eigenvalue weighted by Gasteiger charge is -2.24. The normalized spacial score (nSPS) is 11.7. The zero-order valence-corrected chi connectivity index (χ0v) is 18.9. The largest absolute Gasteiger partial charge is 0.415 e. The van der Waals surface area contributed by atoms with Crippen LogP contribution in [0.4, 0.5) is 0 Å².